The van der Waals surface area contributed by atoms with Crippen molar-refractivity contribution in [1.82, 2.24) is 3.97 Å². The van der Waals surface area contributed by atoms with E-state index in [0.717, 1.165) is 6.54 Å². The quantitative estimate of drug-likeness (QED) is 0.515. The highest BCUT2D eigenvalue weighted by molar-refractivity contribution is 7.98. The number of benzene rings is 1. The van der Waals surface area contributed by atoms with Crippen molar-refractivity contribution in [3.8, 4) is 0 Å². The summed E-state index contributed by atoms with van der Waals surface area (Å²) in [5, 5.41) is 0. The number of hydrogen-bond donors (Lipinski definition) is 0. The second-order valence-electron chi connectivity index (χ2n) is 4.41. The molecule has 0 aliphatic carbocycles. The molecule has 1 heterocycles. The fourth-order valence-corrected chi connectivity index (χ4v) is 4.27. The van der Waals surface area contributed by atoms with Crippen LogP contribution in [0.3, 0.4) is 0 Å². The zero-order valence-electron chi connectivity index (χ0n) is 8.37. The van der Waals surface area contributed by atoms with E-state index in [1.807, 2.05) is 11.9 Å². The van der Waals surface area contributed by atoms with Gasteiger partial charge in [-0.15, -0.1) is 0 Å². The van der Waals surface area contributed by atoms with Gasteiger partial charge in [0.15, 0.2) is 0 Å². The van der Waals surface area contributed by atoms with Crippen molar-refractivity contribution in [1.29, 1.82) is 0 Å². The highest BCUT2D eigenvalue weighted by Crippen LogP contribution is 2.38. The molecule has 13 heavy (non-hydrogen) atoms. The van der Waals surface area contributed by atoms with E-state index >= 15 is 0 Å². The van der Waals surface area contributed by atoms with Crippen LogP contribution in [0.1, 0.15) is 5.56 Å². The largest absolute Gasteiger partial charge is 0.263 e. The third kappa shape index (κ3) is 1.82. The van der Waals surface area contributed by atoms with Crippen molar-refractivity contribution in [2.75, 3.05) is 0 Å². The molecule has 70 valence electrons. The minimum Gasteiger partial charge on any atom is -0.263 e. The monoisotopic (exact) mass is 209 g/mol. The summed E-state index contributed by atoms with van der Waals surface area (Å²) in [7, 11) is -1.13. The van der Waals surface area contributed by atoms with Gasteiger partial charge in [0, 0.05) is 11.4 Å². The molecule has 1 aromatic carbocycles. The fraction of sp³-hybridized carbons (Fsp3) is 0.400. The van der Waals surface area contributed by atoms with E-state index in [1.54, 1.807) is 0 Å². The zero-order chi connectivity index (χ0) is 9.47. The van der Waals surface area contributed by atoms with Gasteiger partial charge >= 0.3 is 0 Å². The van der Waals surface area contributed by atoms with Gasteiger partial charge in [-0.25, -0.2) is 0 Å². The van der Waals surface area contributed by atoms with Crippen molar-refractivity contribution in [3.05, 3.63) is 29.8 Å². The van der Waals surface area contributed by atoms with Crippen molar-refractivity contribution in [2.45, 2.75) is 31.1 Å². The first-order chi connectivity index (χ1) is 6.07. The van der Waals surface area contributed by atoms with Gasteiger partial charge < -0.3 is 0 Å². The van der Waals surface area contributed by atoms with E-state index in [4.69, 9.17) is 0 Å². The summed E-state index contributed by atoms with van der Waals surface area (Å²) < 4.78 is 2.57. The summed E-state index contributed by atoms with van der Waals surface area (Å²) in [6, 6.07) is 8.72. The molecule has 0 saturated carbocycles. The lowest BCUT2D eigenvalue weighted by Crippen LogP contribution is -2.38. The first-order valence-corrected chi connectivity index (χ1v) is 8.83. The smallest absolute Gasteiger partial charge is 0.132 e. The first-order valence-electron chi connectivity index (χ1n) is 4.61. The third-order valence-electron chi connectivity index (χ3n) is 2.24. The molecule has 0 atom stereocenters. The zero-order valence-corrected chi connectivity index (χ0v) is 10.2. The average Bonchev–Trinajstić information content (AvgIpc) is 2.45. The molecule has 1 aromatic rings. The molecule has 0 aromatic heterocycles. The van der Waals surface area contributed by atoms with Crippen LogP contribution in [0.4, 0.5) is 0 Å². The Kier molecular flexibility index (Phi) is 2.26. The predicted octanol–water partition coefficient (Wildman–Crippen LogP) is 3.34. The maximum absolute atomic E-state index is 2.57. The van der Waals surface area contributed by atoms with Crippen LogP contribution < -0.4 is 0 Å². The van der Waals surface area contributed by atoms with Crippen LogP contribution in [0.2, 0.25) is 19.6 Å². The molecule has 1 nitrogen and oxygen atoms in total. The first kappa shape index (κ1) is 9.31. The molecule has 1 aliphatic rings. The second-order valence-corrected chi connectivity index (χ2v) is 10.7. The number of rotatable bonds is 1. The van der Waals surface area contributed by atoms with Gasteiger partial charge in [0.25, 0.3) is 0 Å². The van der Waals surface area contributed by atoms with Crippen LogP contribution in [0, 0.1) is 0 Å². The van der Waals surface area contributed by atoms with Gasteiger partial charge in [-0.1, -0.05) is 37.8 Å². The Morgan fingerprint density at radius 2 is 1.92 bits per heavy atom. The molecule has 0 fully saturated rings. The summed E-state index contributed by atoms with van der Waals surface area (Å²) in [6.07, 6.45) is 0. The molecule has 3 heteroatoms. The molecule has 0 unspecified atom stereocenters. The molecule has 0 N–H and O–H groups in total. The Hall–Kier alpha value is -0.253. The Morgan fingerprint density at radius 3 is 2.54 bits per heavy atom. The molecule has 0 saturated heterocycles. The lowest BCUT2D eigenvalue weighted by molar-refractivity contribution is 0.694. The van der Waals surface area contributed by atoms with E-state index in [2.05, 4.69) is 47.9 Å². The van der Waals surface area contributed by atoms with Crippen LogP contribution in [0.15, 0.2) is 29.2 Å². The molecule has 2 rings (SSSR count). The van der Waals surface area contributed by atoms with E-state index in [9.17, 15) is 0 Å². The Bertz CT molecular complexity index is 294. The van der Waals surface area contributed by atoms with Gasteiger partial charge in [-0.05, 0) is 23.6 Å². The molecular formula is C10H15NSSi. The number of hydrogen-bond acceptors (Lipinski definition) is 2. The third-order valence-corrected chi connectivity index (χ3v) is 6.76. The topological polar surface area (TPSA) is 3.24 Å². The van der Waals surface area contributed by atoms with Gasteiger partial charge in [0.05, 0.1) is 0 Å². The van der Waals surface area contributed by atoms with E-state index < -0.39 is 8.24 Å². The molecule has 0 bridgehead atoms. The van der Waals surface area contributed by atoms with E-state index in [-0.39, 0.29) is 0 Å². The minimum atomic E-state index is -1.13. The normalized spacial score (nSPS) is 17.5. The van der Waals surface area contributed by atoms with Crippen molar-refractivity contribution >= 4 is 20.2 Å². The lowest BCUT2D eigenvalue weighted by Gasteiger charge is -2.27. The van der Waals surface area contributed by atoms with Gasteiger partial charge in [-0.3, -0.25) is 3.97 Å². The SMILES string of the molecule is C[Si](C)(C)N1Cc2ccccc2S1. The highest BCUT2D eigenvalue weighted by atomic mass is 32.2. The molecule has 1 aliphatic heterocycles. The standard InChI is InChI=1S/C10H15NSSi/c1-13(2,3)11-8-9-6-4-5-7-10(9)12-11/h4-7H,8H2,1-3H3. The molecular weight excluding hydrogens is 194 g/mol. The van der Waals surface area contributed by atoms with Crippen LogP contribution in [0.5, 0.6) is 0 Å². The maximum Gasteiger partial charge on any atom is 0.132 e. The van der Waals surface area contributed by atoms with E-state index in [1.165, 1.54) is 10.5 Å². The number of nitrogens with zero attached hydrogens (tertiary/aromatic N) is 1. The van der Waals surface area contributed by atoms with Crippen LogP contribution in [-0.4, -0.2) is 12.2 Å². The van der Waals surface area contributed by atoms with Gasteiger partial charge in [0.1, 0.15) is 8.24 Å². The lowest BCUT2D eigenvalue weighted by atomic mass is 10.2. The predicted molar refractivity (Wildman–Crippen MR) is 61.2 cm³/mol. The van der Waals surface area contributed by atoms with Crippen LogP contribution in [-0.2, 0) is 6.54 Å². The van der Waals surface area contributed by atoms with Gasteiger partial charge in [-0.2, -0.15) is 0 Å². The van der Waals surface area contributed by atoms with Crippen LogP contribution in [0.25, 0.3) is 0 Å². The summed E-state index contributed by atoms with van der Waals surface area (Å²) in [5.74, 6) is 0. The van der Waals surface area contributed by atoms with Crippen molar-refractivity contribution < 1.29 is 0 Å². The molecule has 0 spiro atoms. The molecule has 0 amide bonds. The molecule has 0 radical (unpaired) electrons. The van der Waals surface area contributed by atoms with E-state index in [0.29, 0.717) is 0 Å². The minimum absolute atomic E-state index is 1.13. The Balaban J connectivity index is 2.23. The Morgan fingerprint density at radius 1 is 1.23 bits per heavy atom. The van der Waals surface area contributed by atoms with Crippen LogP contribution >= 0.6 is 11.9 Å². The highest BCUT2D eigenvalue weighted by Gasteiger charge is 2.30. The summed E-state index contributed by atoms with van der Waals surface area (Å²) >= 11 is 1.94. The van der Waals surface area contributed by atoms with Crippen molar-refractivity contribution in [2.24, 2.45) is 0 Å². The average molecular weight is 209 g/mol. The van der Waals surface area contributed by atoms with Gasteiger partial charge in [0.2, 0.25) is 0 Å². The summed E-state index contributed by atoms with van der Waals surface area (Å²) in [6.45, 7) is 8.32. The number of fused-ring (bicyclic) bond motifs is 1. The summed E-state index contributed by atoms with van der Waals surface area (Å²) in [4.78, 5) is 1.45. The second kappa shape index (κ2) is 3.15. The fourth-order valence-electron chi connectivity index (χ4n) is 1.40. The maximum atomic E-state index is 2.57. The van der Waals surface area contributed by atoms with Crippen molar-refractivity contribution in [3.63, 3.8) is 0 Å². The Labute approximate surface area is 85.4 Å². The summed E-state index contributed by atoms with van der Waals surface area (Å²) in [5.41, 5.74) is 1.50.